The second-order valence-corrected chi connectivity index (χ2v) is 6.46. The Morgan fingerprint density at radius 1 is 1.15 bits per heavy atom. The molecule has 0 fully saturated rings. The molecule has 0 aliphatic heterocycles. The lowest BCUT2D eigenvalue weighted by molar-refractivity contribution is 0.516. The van der Waals surface area contributed by atoms with E-state index in [1.54, 1.807) is 0 Å². The fraction of sp³-hybridized carbons (Fsp3) is 0.333. The molecule has 1 aromatic carbocycles. The van der Waals surface area contributed by atoms with Crippen LogP contribution in [0, 0.1) is 0 Å². The van der Waals surface area contributed by atoms with Gasteiger partial charge in [0.25, 0.3) is 0 Å². The third-order valence-electron chi connectivity index (χ3n) is 2.84. The fourth-order valence-corrected chi connectivity index (χ4v) is 2.52. The van der Waals surface area contributed by atoms with Crippen molar-refractivity contribution in [2.45, 2.75) is 19.4 Å². The second kappa shape index (κ2) is 5.89. The molecular weight excluding hydrogens is 316 g/mol. The molecule has 2 N–H and O–H groups in total. The van der Waals surface area contributed by atoms with Gasteiger partial charge in [0, 0.05) is 29.2 Å². The molecule has 2 aromatic rings. The molecule has 20 heavy (non-hydrogen) atoms. The minimum atomic E-state index is -0.266. The molecule has 0 saturated carbocycles. The summed E-state index contributed by atoms with van der Waals surface area (Å²) < 4.78 is 1.01. The second-order valence-electron chi connectivity index (χ2n) is 5.60. The van der Waals surface area contributed by atoms with E-state index in [4.69, 9.17) is 5.73 Å². The standard InChI is InChI=1S/C15H19BrN4/c1-15(2,17)10-20(3)14-9-8-13(18-19-14)11-6-4-5-7-12(11)16/h4-9H,10,17H2,1-3H3. The summed E-state index contributed by atoms with van der Waals surface area (Å²) in [5, 5.41) is 8.58. The maximum atomic E-state index is 6.02. The smallest absolute Gasteiger partial charge is 0.151 e. The third-order valence-corrected chi connectivity index (χ3v) is 3.53. The Kier molecular flexibility index (Phi) is 4.40. The van der Waals surface area contributed by atoms with Gasteiger partial charge in [0.15, 0.2) is 5.82 Å². The zero-order valence-electron chi connectivity index (χ0n) is 12.0. The van der Waals surface area contributed by atoms with Crippen molar-refractivity contribution >= 4 is 21.7 Å². The van der Waals surface area contributed by atoms with Crippen molar-refractivity contribution in [1.82, 2.24) is 10.2 Å². The molecule has 0 atom stereocenters. The van der Waals surface area contributed by atoms with E-state index < -0.39 is 0 Å². The quantitative estimate of drug-likeness (QED) is 0.933. The number of hydrogen-bond acceptors (Lipinski definition) is 4. The van der Waals surface area contributed by atoms with E-state index in [9.17, 15) is 0 Å². The Labute approximate surface area is 128 Å². The van der Waals surface area contributed by atoms with Crippen LogP contribution in [0.3, 0.4) is 0 Å². The van der Waals surface area contributed by atoms with Crippen LogP contribution in [0.15, 0.2) is 40.9 Å². The molecule has 2 rings (SSSR count). The van der Waals surface area contributed by atoms with Gasteiger partial charge in [0.05, 0.1) is 5.69 Å². The van der Waals surface area contributed by atoms with Gasteiger partial charge < -0.3 is 10.6 Å². The number of aromatic nitrogens is 2. The van der Waals surface area contributed by atoms with Gasteiger partial charge in [-0.05, 0) is 32.0 Å². The van der Waals surface area contributed by atoms with Crippen molar-refractivity contribution in [3.05, 3.63) is 40.9 Å². The van der Waals surface area contributed by atoms with Crippen LogP contribution < -0.4 is 10.6 Å². The minimum Gasteiger partial charge on any atom is -0.356 e. The summed E-state index contributed by atoms with van der Waals surface area (Å²) in [5.41, 5.74) is 7.64. The molecule has 4 nitrogen and oxygen atoms in total. The summed E-state index contributed by atoms with van der Waals surface area (Å²) in [6.45, 7) is 4.70. The Bertz CT molecular complexity index is 575. The highest BCUT2D eigenvalue weighted by Crippen LogP contribution is 2.26. The monoisotopic (exact) mass is 334 g/mol. The molecule has 0 unspecified atom stereocenters. The first kappa shape index (κ1) is 14.9. The number of halogens is 1. The van der Waals surface area contributed by atoms with Crippen LogP contribution in [0.4, 0.5) is 5.82 Å². The molecule has 1 aromatic heterocycles. The first-order valence-corrected chi connectivity index (χ1v) is 7.25. The molecule has 1 heterocycles. The highest BCUT2D eigenvalue weighted by Gasteiger charge is 2.15. The predicted octanol–water partition coefficient (Wildman–Crippen LogP) is 3.08. The van der Waals surface area contributed by atoms with Gasteiger partial charge in [-0.2, -0.15) is 0 Å². The van der Waals surface area contributed by atoms with Crippen molar-refractivity contribution in [3.63, 3.8) is 0 Å². The zero-order valence-corrected chi connectivity index (χ0v) is 13.6. The topological polar surface area (TPSA) is 55.0 Å². The van der Waals surface area contributed by atoms with Crippen LogP contribution >= 0.6 is 15.9 Å². The van der Waals surface area contributed by atoms with E-state index in [1.165, 1.54) is 0 Å². The Morgan fingerprint density at radius 3 is 2.40 bits per heavy atom. The normalized spacial score (nSPS) is 11.4. The van der Waals surface area contributed by atoms with Gasteiger partial charge in [-0.15, -0.1) is 10.2 Å². The highest BCUT2D eigenvalue weighted by atomic mass is 79.9. The average molecular weight is 335 g/mol. The van der Waals surface area contributed by atoms with Crippen LogP contribution in [-0.4, -0.2) is 29.3 Å². The van der Waals surface area contributed by atoms with Crippen molar-refractivity contribution in [2.75, 3.05) is 18.5 Å². The molecule has 0 amide bonds. The van der Waals surface area contributed by atoms with E-state index in [1.807, 2.05) is 62.2 Å². The molecular formula is C15H19BrN4. The van der Waals surface area contributed by atoms with Crippen molar-refractivity contribution in [1.29, 1.82) is 0 Å². The van der Waals surface area contributed by atoms with E-state index in [2.05, 4.69) is 26.1 Å². The Hall–Kier alpha value is -1.46. The highest BCUT2D eigenvalue weighted by molar-refractivity contribution is 9.10. The maximum absolute atomic E-state index is 6.02. The molecule has 106 valence electrons. The first-order valence-electron chi connectivity index (χ1n) is 6.45. The summed E-state index contributed by atoms with van der Waals surface area (Å²) >= 11 is 3.53. The van der Waals surface area contributed by atoms with Crippen molar-refractivity contribution in [2.24, 2.45) is 5.73 Å². The molecule has 0 spiro atoms. The lowest BCUT2D eigenvalue weighted by Crippen LogP contribution is -2.44. The van der Waals surface area contributed by atoms with E-state index >= 15 is 0 Å². The Balaban J connectivity index is 2.21. The minimum absolute atomic E-state index is 0.266. The van der Waals surface area contributed by atoms with E-state index in [-0.39, 0.29) is 5.54 Å². The van der Waals surface area contributed by atoms with Crippen molar-refractivity contribution < 1.29 is 0 Å². The van der Waals surface area contributed by atoms with Crippen LogP contribution in [0.2, 0.25) is 0 Å². The van der Waals surface area contributed by atoms with Gasteiger partial charge in [-0.25, -0.2) is 0 Å². The number of benzene rings is 1. The number of likely N-dealkylation sites (N-methyl/N-ethyl adjacent to an activating group) is 1. The summed E-state index contributed by atoms with van der Waals surface area (Å²) in [7, 11) is 1.97. The van der Waals surface area contributed by atoms with Gasteiger partial charge in [-0.3, -0.25) is 0 Å². The van der Waals surface area contributed by atoms with Gasteiger partial charge in [-0.1, -0.05) is 34.1 Å². The van der Waals surface area contributed by atoms with Crippen LogP contribution in [0.25, 0.3) is 11.3 Å². The average Bonchev–Trinajstić information content (AvgIpc) is 2.37. The zero-order chi connectivity index (χ0) is 14.8. The SMILES string of the molecule is CN(CC(C)(C)N)c1ccc(-c2ccccc2Br)nn1. The largest absolute Gasteiger partial charge is 0.356 e. The number of hydrogen-bond donors (Lipinski definition) is 1. The number of nitrogens with two attached hydrogens (primary N) is 1. The lowest BCUT2D eigenvalue weighted by atomic mass is 10.1. The van der Waals surface area contributed by atoms with Crippen molar-refractivity contribution in [3.8, 4) is 11.3 Å². The lowest BCUT2D eigenvalue weighted by Gasteiger charge is -2.26. The molecule has 0 aliphatic carbocycles. The van der Waals surface area contributed by atoms with Crippen LogP contribution in [-0.2, 0) is 0 Å². The number of rotatable bonds is 4. The summed E-state index contributed by atoms with van der Waals surface area (Å²) in [6, 6.07) is 11.9. The van der Waals surface area contributed by atoms with Gasteiger partial charge in [0.2, 0.25) is 0 Å². The van der Waals surface area contributed by atoms with E-state index in [0.717, 1.165) is 28.1 Å². The van der Waals surface area contributed by atoms with E-state index in [0.29, 0.717) is 0 Å². The maximum Gasteiger partial charge on any atom is 0.151 e. The summed E-state index contributed by atoms with van der Waals surface area (Å²) in [5.74, 6) is 0.819. The van der Waals surface area contributed by atoms with Crippen LogP contribution in [0.5, 0.6) is 0 Å². The van der Waals surface area contributed by atoms with Gasteiger partial charge >= 0.3 is 0 Å². The summed E-state index contributed by atoms with van der Waals surface area (Å²) in [6.07, 6.45) is 0. The molecule has 0 saturated heterocycles. The summed E-state index contributed by atoms with van der Waals surface area (Å²) in [4.78, 5) is 2.01. The molecule has 0 aliphatic rings. The van der Waals surface area contributed by atoms with Crippen LogP contribution in [0.1, 0.15) is 13.8 Å². The fourth-order valence-electron chi connectivity index (χ4n) is 2.03. The van der Waals surface area contributed by atoms with Gasteiger partial charge in [0.1, 0.15) is 0 Å². The first-order chi connectivity index (χ1) is 9.37. The molecule has 5 heteroatoms. The third kappa shape index (κ3) is 3.77. The molecule has 0 radical (unpaired) electrons. The Morgan fingerprint density at radius 2 is 1.85 bits per heavy atom. The molecule has 0 bridgehead atoms. The predicted molar refractivity (Wildman–Crippen MR) is 86.7 cm³/mol. The number of anilines is 1. The number of nitrogens with zero attached hydrogens (tertiary/aromatic N) is 3.